The van der Waals surface area contributed by atoms with Gasteiger partial charge in [-0.05, 0) is 46.0 Å². The SMILES string of the molecule is CC(C)(C)OC(=O)N1CCC(CCC(=O)OCCl)CC1. The van der Waals surface area contributed by atoms with E-state index in [1.165, 1.54) is 0 Å². The molecule has 1 rings (SSSR count). The molecule has 1 aliphatic rings. The van der Waals surface area contributed by atoms with Crippen molar-refractivity contribution in [1.29, 1.82) is 0 Å². The van der Waals surface area contributed by atoms with Crippen LogP contribution < -0.4 is 0 Å². The van der Waals surface area contributed by atoms with Crippen molar-refractivity contribution in [3.05, 3.63) is 0 Å². The van der Waals surface area contributed by atoms with Crippen LogP contribution in [-0.2, 0) is 14.3 Å². The van der Waals surface area contributed by atoms with Crippen LogP contribution in [0.5, 0.6) is 0 Å². The normalized spacial score (nSPS) is 16.9. The topological polar surface area (TPSA) is 55.8 Å². The molecule has 6 heteroatoms. The number of piperidine rings is 1. The quantitative estimate of drug-likeness (QED) is 0.591. The summed E-state index contributed by atoms with van der Waals surface area (Å²) >= 11 is 5.32. The molecule has 0 unspecified atom stereocenters. The van der Waals surface area contributed by atoms with E-state index in [-0.39, 0.29) is 18.1 Å². The van der Waals surface area contributed by atoms with Gasteiger partial charge in [0.15, 0.2) is 6.07 Å². The van der Waals surface area contributed by atoms with Gasteiger partial charge in [-0.25, -0.2) is 4.79 Å². The summed E-state index contributed by atoms with van der Waals surface area (Å²) in [5, 5.41) is 0. The van der Waals surface area contributed by atoms with Gasteiger partial charge >= 0.3 is 12.1 Å². The lowest BCUT2D eigenvalue weighted by Crippen LogP contribution is -2.41. The second-order valence-electron chi connectivity index (χ2n) is 6.07. The maximum atomic E-state index is 11.9. The Morgan fingerprint density at radius 1 is 1.25 bits per heavy atom. The van der Waals surface area contributed by atoms with Crippen molar-refractivity contribution in [2.75, 3.05) is 19.2 Å². The molecule has 0 aromatic heterocycles. The number of alkyl halides is 1. The molecule has 0 aromatic rings. The van der Waals surface area contributed by atoms with E-state index in [1.807, 2.05) is 20.8 Å². The van der Waals surface area contributed by atoms with E-state index in [9.17, 15) is 9.59 Å². The summed E-state index contributed by atoms with van der Waals surface area (Å²) < 4.78 is 10.0. The van der Waals surface area contributed by atoms with E-state index >= 15 is 0 Å². The van der Waals surface area contributed by atoms with Gasteiger partial charge in [-0.1, -0.05) is 11.6 Å². The molecular weight excluding hydrogens is 282 g/mol. The summed E-state index contributed by atoms with van der Waals surface area (Å²) in [6.45, 7) is 6.95. The predicted molar refractivity (Wildman–Crippen MR) is 76.6 cm³/mol. The van der Waals surface area contributed by atoms with E-state index in [2.05, 4.69) is 4.74 Å². The fourth-order valence-electron chi connectivity index (χ4n) is 2.19. The molecule has 0 radical (unpaired) electrons. The Balaban J connectivity index is 2.26. The number of carbonyl (C=O) groups is 2. The summed E-state index contributed by atoms with van der Waals surface area (Å²) in [6, 6.07) is -0.0874. The summed E-state index contributed by atoms with van der Waals surface area (Å²) in [7, 11) is 0. The molecule has 5 nitrogen and oxygen atoms in total. The molecule has 0 aromatic carbocycles. The van der Waals surface area contributed by atoms with Gasteiger partial charge in [0, 0.05) is 19.5 Å². The molecule has 0 spiro atoms. The van der Waals surface area contributed by atoms with Gasteiger partial charge in [0.05, 0.1) is 0 Å². The Morgan fingerprint density at radius 3 is 2.35 bits per heavy atom. The number of carbonyl (C=O) groups excluding carboxylic acids is 2. The summed E-state index contributed by atoms with van der Waals surface area (Å²) in [4.78, 5) is 24.8. The van der Waals surface area contributed by atoms with Gasteiger partial charge in [0.2, 0.25) is 0 Å². The number of nitrogens with zero attached hydrogens (tertiary/aromatic N) is 1. The zero-order valence-corrected chi connectivity index (χ0v) is 13.2. The lowest BCUT2D eigenvalue weighted by atomic mass is 9.92. The minimum atomic E-state index is -0.459. The summed E-state index contributed by atoms with van der Waals surface area (Å²) in [6.07, 6.45) is 2.72. The Hall–Kier alpha value is -0.970. The fraction of sp³-hybridized carbons (Fsp3) is 0.857. The van der Waals surface area contributed by atoms with Crippen molar-refractivity contribution in [2.24, 2.45) is 5.92 Å². The first-order valence-electron chi connectivity index (χ1n) is 7.01. The summed E-state index contributed by atoms with van der Waals surface area (Å²) in [5.41, 5.74) is -0.459. The predicted octanol–water partition coefficient (Wildman–Crippen LogP) is 3.15. The first-order valence-corrected chi connectivity index (χ1v) is 7.55. The molecule has 0 atom stereocenters. The highest BCUT2D eigenvalue weighted by Gasteiger charge is 2.26. The zero-order valence-electron chi connectivity index (χ0n) is 12.5. The second-order valence-corrected chi connectivity index (χ2v) is 6.29. The molecule has 0 saturated carbocycles. The Bertz CT molecular complexity index is 333. The first kappa shape index (κ1) is 17.1. The smallest absolute Gasteiger partial charge is 0.410 e. The molecule has 20 heavy (non-hydrogen) atoms. The van der Waals surface area contributed by atoms with E-state index in [0.29, 0.717) is 25.4 Å². The van der Waals surface area contributed by atoms with Crippen molar-refractivity contribution >= 4 is 23.7 Å². The average molecular weight is 306 g/mol. The number of esters is 1. The molecule has 1 aliphatic heterocycles. The molecule has 0 aliphatic carbocycles. The molecule has 1 heterocycles. The first-order chi connectivity index (χ1) is 9.31. The molecular formula is C14H24ClNO4. The van der Waals surface area contributed by atoms with E-state index in [0.717, 1.165) is 19.3 Å². The van der Waals surface area contributed by atoms with Crippen LogP contribution in [0.25, 0.3) is 0 Å². The van der Waals surface area contributed by atoms with Crippen LogP contribution in [0.3, 0.4) is 0 Å². The maximum absolute atomic E-state index is 11.9. The minimum absolute atomic E-state index is 0.0874. The van der Waals surface area contributed by atoms with Crippen LogP contribution in [-0.4, -0.2) is 41.7 Å². The van der Waals surface area contributed by atoms with Crippen molar-refractivity contribution < 1.29 is 19.1 Å². The summed E-state index contributed by atoms with van der Waals surface area (Å²) in [5.74, 6) is 0.200. The maximum Gasteiger partial charge on any atom is 0.410 e. The molecule has 1 amide bonds. The van der Waals surface area contributed by atoms with Gasteiger partial charge in [0.1, 0.15) is 5.60 Å². The highest BCUT2D eigenvalue weighted by molar-refractivity contribution is 6.17. The lowest BCUT2D eigenvalue weighted by molar-refractivity contribution is -0.142. The molecule has 1 fully saturated rings. The van der Waals surface area contributed by atoms with Crippen LogP contribution >= 0.6 is 11.6 Å². The highest BCUT2D eigenvalue weighted by atomic mass is 35.5. The van der Waals surface area contributed by atoms with Crippen LogP contribution in [0.2, 0.25) is 0 Å². The van der Waals surface area contributed by atoms with Crippen molar-refractivity contribution in [3.8, 4) is 0 Å². The monoisotopic (exact) mass is 305 g/mol. The Kier molecular flexibility index (Phi) is 6.59. The standard InChI is InChI=1S/C14H24ClNO4/c1-14(2,3)20-13(18)16-8-6-11(7-9-16)4-5-12(17)19-10-15/h11H,4-10H2,1-3H3. The average Bonchev–Trinajstić information content (AvgIpc) is 2.35. The molecule has 1 saturated heterocycles. The van der Waals surface area contributed by atoms with Crippen LogP contribution in [0.4, 0.5) is 4.79 Å². The van der Waals surface area contributed by atoms with Gasteiger partial charge < -0.3 is 14.4 Å². The fourth-order valence-corrected chi connectivity index (χ4v) is 2.31. The number of halogens is 1. The van der Waals surface area contributed by atoms with E-state index in [4.69, 9.17) is 16.3 Å². The Labute approximate surface area is 125 Å². The van der Waals surface area contributed by atoms with Crippen LogP contribution in [0.15, 0.2) is 0 Å². The third-order valence-corrected chi connectivity index (χ3v) is 3.35. The zero-order chi connectivity index (χ0) is 15.2. The number of hydrogen-bond donors (Lipinski definition) is 0. The molecule has 0 N–H and O–H groups in total. The Morgan fingerprint density at radius 2 is 1.85 bits per heavy atom. The number of ether oxygens (including phenoxy) is 2. The number of hydrogen-bond acceptors (Lipinski definition) is 4. The van der Waals surface area contributed by atoms with Crippen molar-refractivity contribution in [1.82, 2.24) is 4.90 Å². The number of amides is 1. The lowest BCUT2D eigenvalue weighted by Gasteiger charge is -2.33. The van der Waals surface area contributed by atoms with Crippen LogP contribution in [0, 0.1) is 5.92 Å². The van der Waals surface area contributed by atoms with Crippen molar-refractivity contribution in [2.45, 2.75) is 52.1 Å². The van der Waals surface area contributed by atoms with Crippen LogP contribution in [0.1, 0.15) is 46.5 Å². The van der Waals surface area contributed by atoms with Crippen molar-refractivity contribution in [3.63, 3.8) is 0 Å². The molecule has 0 bridgehead atoms. The third kappa shape index (κ3) is 6.46. The number of rotatable bonds is 4. The highest BCUT2D eigenvalue weighted by Crippen LogP contribution is 2.23. The minimum Gasteiger partial charge on any atom is -0.449 e. The van der Waals surface area contributed by atoms with Gasteiger partial charge in [-0.2, -0.15) is 0 Å². The van der Waals surface area contributed by atoms with E-state index in [1.54, 1.807) is 4.90 Å². The van der Waals surface area contributed by atoms with Gasteiger partial charge in [-0.3, -0.25) is 4.79 Å². The number of likely N-dealkylation sites (tertiary alicyclic amines) is 1. The largest absolute Gasteiger partial charge is 0.449 e. The molecule has 116 valence electrons. The van der Waals surface area contributed by atoms with E-state index < -0.39 is 5.60 Å². The third-order valence-electron chi connectivity index (χ3n) is 3.24. The van der Waals surface area contributed by atoms with Gasteiger partial charge in [0.25, 0.3) is 0 Å². The van der Waals surface area contributed by atoms with Gasteiger partial charge in [-0.15, -0.1) is 0 Å². The second kappa shape index (κ2) is 7.72.